The number of halogens is 1. The molecule has 1 heterocycles. The van der Waals surface area contributed by atoms with Gasteiger partial charge in [-0.25, -0.2) is 4.98 Å². The normalized spacial score (nSPS) is 10.5. The second kappa shape index (κ2) is 6.12. The molecule has 0 spiro atoms. The fraction of sp³-hybridized carbons (Fsp3) is 0.545. The van der Waals surface area contributed by atoms with E-state index in [0.717, 1.165) is 41.7 Å². The third kappa shape index (κ3) is 3.37. The number of rotatable bonds is 5. The monoisotopic (exact) mass is 255 g/mol. The number of hydrogen-bond acceptors (Lipinski definition) is 2. The van der Waals surface area contributed by atoms with Gasteiger partial charge in [0.05, 0.1) is 17.6 Å². The molecular formula is C11H16BrN2. The highest BCUT2D eigenvalue weighted by Crippen LogP contribution is 2.12. The lowest BCUT2D eigenvalue weighted by molar-refractivity contribution is 0.812. The first-order valence-corrected chi connectivity index (χ1v) is 5.89. The Balaban J connectivity index is 2.65. The summed E-state index contributed by atoms with van der Waals surface area (Å²) in [6.07, 6.45) is 8.25. The van der Waals surface area contributed by atoms with Crippen molar-refractivity contribution >= 4 is 15.9 Å². The summed E-state index contributed by atoms with van der Waals surface area (Å²) in [6.45, 7) is 4.28. The van der Waals surface area contributed by atoms with Gasteiger partial charge >= 0.3 is 0 Å². The average molecular weight is 256 g/mol. The van der Waals surface area contributed by atoms with E-state index in [1.54, 1.807) is 6.20 Å². The maximum Gasteiger partial charge on any atom is 0.124 e. The van der Waals surface area contributed by atoms with E-state index < -0.39 is 0 Å². The summed E-state index contributed by atoms with van der Waals surface area (Å²) < 4.78 is 0.831. The minimum absolute atomic E-state index is 0.831. The van der Waals surface area contributed by atoms with Crippen LogP contribution < -0.4 is 0 Å². The van der Waals surface area contributed by atoms with Gasteiger partial charge in [-0.3, -0.25) is 4.98 Å². The van der Waals surface area contributed by atoms with E-state index in [0.29, 0.717) is 0 Å². The predicted octanol–water partition coefficient (Wildman–Crippen LogP) is 3.35. The minimum Gasteiger partial charge on any atom is -0.257 e. The average Bonchev–Trinajstić information content (AvgIpc) is 2.20. The summed E-state index contributed by atoms with van der Waals surface area (Å²) in [4.78, 5) is 8.80. The van der Waals surface area contributed by atoms with Gasteiger partial charge in [0.15, 0.2) is 0 Å². The zero-order valence-corrected chi connectivity index (χ0v) is 10.3. The molecule has 0 aliphatic heterocycles. The molecule has 0 saturated heterocycles. The molecule has 0 fully saturated rings. The largest absolute Gasteiger partial charge is 0.257 e. The van der Waals surface area contributed by atoms with E-state index in [4.69, 9.17) is 0 Å². The molecule has 0 aliphatic carbocycles. The molecule has 0 saturated carbocycles. The van der Waals surface area contributed by atoms with Gasteiger partial charge in [-0.1, -0.05) is 20.3 Å². The quantitative estimate of drug-likeness (QED) is 0.755. The Morgan fingerprint density at radius 3 is 2.79 bits per heavy atom. The first-order valence-electron chi connectivity index (χ1n) is 5.09. The smallest absolute Gasteiger partial charge is 0.124 e. The zero-order chi connectivity index (χ0) is 10.4. The maximum atomic E-state index is 4.41. The fourth-order valence-corrected chi connectivity index (χ4v) is 1.68. The van der Waals surface area contributed by atoms with Crippen LogP contribution in [0.2, 0.25) is 0 Å². The van der Waals surface area contributed by atoms with E-state index in [1.165, 1.54) is 0 Å². The van der Waals surface area contributed by atoms with Crippen LogP contribution in [0, 0.1) is 6.42 Å². The molecule has 0 bridgehead atoms. The van der Waals surface area contributed by atoms with Crippen LogP contribution in [-0.4, -0.2) is 9.97 Å². The molecule has 1 aromatic rings. The van der Waals surface area contributed by atoms with E-state index in [-0.39, 0.29) is 0 Å². The lowest BCUT2D eigenvalue weighted by Crippen LogP contribution is -2.00. The van der Waals surface area contributed by atoms with Gasteiger partial charge in [-0.2, -0.15) is 0 Å². The molecule has 0 aliphatic rings. The number of nitrogens with zero attached hydrogens (tertiary/aromatic N) is 2. The summed E-state index contributed by atoms with van der Waals surface area (Å²) >= 11 is 3.34. The van der Waals surface area contributed by atoms with Crippen LogP contribution in [0.1, 0.15) is 38.1 Å². The Bertz CT molecular complexity index is 287. The van der Waals surface area contributed by atoms with Crippen molar-refractivity contribution in [3.63, 3.8) is 0 Å². The van der Waals surface area contributed by atoms with Crippen LogP contribution in [0.15, 0.2) is 10.8 Å². The Morgan fingerprint density at radius 1 is 1.36 bits per heavy atom. The number of unbranched alkanes of at least 4 members (excludes halogenated alkanes) is 2. The van der Waals surface area contributed by atoms with Crippen LogP contribution in [0.25, 0.3) is 0 Å². The van der Waals surface area contributed by atoms with E-state index in [2.05, 4.69) is 46.2 Å². The standard InChI is InChI=1S/C11H16BrN2/c1-3-5-6-7-10-9(4-2)14-11(12)8-13-10/h5,8H,3-4,6-7H2,1-2H3. The molecular weight excluding hydrogens is 240 g/mol. The summed E-state index contributed by atoms with van der Waals surface area (Å²) in [5, 5.41) is 0. The lowest BCUT2D eigenvalue weighted by Gasteiger charge is -2.05. The second-order valence-corrected chi connectivity index (χ2v) is 3.99. The maximum absolute atomic E-state index is 4.41. The Kier molecular flexibility index (Phi) is 5.09. The highest BCUT2D eigenvalue weighted by atomic mass is 79.9. The molecule has 1 radical (unpaired) electrons. The summed E-state index contributed by atoms with van der Waals surface area (Å²) in [7, 11) is 0. The third-order valence-corrected chi connectivity index (χ3v) is 2.49. The summed E-state index contributed by atoms with van der Waals surface area (Å²) in [6, 6.07) is 0. The minimum atomic E-state index is 0.831. The fourth-order valence-electron chi connectivity index (χ4n) is 1.36. The highest BCUT2D eigenvalue weighted by Gasteiger charge is 2.04. The molecule has 0 N–H and O–H groups in total. The molecule has 1 rings (SSSR count). The molecule has 0 amide bonds. The summed E-state index contributed by atoms with van der Waals surface area (Å²) in [5.41, 5.74) is 2.25. The van der Waals surface area contributed by atoms with Gasteiger partial charge in [-0.05, 0) is 41.6 Å². The van der Waals surface area contributed by atoms with Crippen molar-refractivity contribution in [3.8, 4) is 0 Å². The molecule has 2 nitrogen and oxygen atoms in total. The first kappa shape index (κ1) is 11.6. The van der Waals surface area contributed by atoms with Gasteiger partial charge in [0.2, 0.25) is 0 Å². The Hall–Kier alpha value is -0.440. The number of hydrogen-bond donors (Lipinski definition) is 0. The van der Waals surface area contributed by atoms with Crippen molar-refractivity contribution < 1.29 is 0 Å². The predicted molar refractivity (Wildman–Crippen MR) is 62.0 cm³/mol. The van der Waals surface area contributed by atoms with Crippen molar-refractivity contribution in [2.45, 2.75) is 39.5 Å². The van der Waals surface area contributed by atoms with E-state index in [1.807, 2.05) is 0 Å². The van der Waals surface area contributed by atoms with Gasteiger partial charge in [-0.15, -0.1) is 0 Å². The van der Waals surface area contributed by atoms with E-state index in [9.17, 15) is 0 Å². The molecule has 0 aromatic carbocycles. The van der Waals surface area contributed by atoms with Crippen molar-refractivity contribution in [2.75, 3.05) is 0 Å². The Morgan fingerprint density at radius 2 is 2.14 bits per heavy atom. The van der Waals surface area contributed by atoms with Gasteiger partial charge < -0.3 is 0 Å². The van der Waals surface area contributed by atoms with Gasteiger partial charge in [0.1, 0.15) is 4.60 Å². The lowest BCUT2D eigenvalue weighted by atomic mass is 10.1. The van der Waals surface area contributed by atoms with Crippen LogP contribution in [0.5, 0.6) is 0 Å². The molecule has 77 valence electrons. The van der Waals surface area contributed by atoms with Crippen LogP contribution in [0.3, 0.4) is 0 Å². The summed E-state index contributed by atoms with van der Waals surface area (Å²) in [5.74, 6) is 0. The molecule has 3 heteroatoms. The van der Waals surface area contributed by atoms with Crippen LogP contribution in [0.4, 0.5) is 0 Å². The third-order valence-electron chi connectivity index (χ3n) is 2.11. The first-order chi connectivity index (χ1) is 6.77. The van der Waals surface area contributed by atoms with Crippen molar-refractivity contribution in [1.29, 1.82) is 0 Å². The van der Waals surface area contributed by atoms with E-state index >= 15 is 0 Å². The van der Waals surface area contributed by atoms with Crippen molar-refractivity contribution in [1.82, 2.24) is 9.97 Å². The molecule has 0 unspecified atom stereocenters. The number of aromatic nitrogens is 2. The molecule has 14 heavy (non-hydrogen) atoms. The van der Waals surface area contributed by atoms with Crippen LogP contribution in [-0.2, 0) is 12.8 Å². The van der Waals surface area contributed by atoms with Crippen LogP contribution >= 0.6 is 15.9 Å². The topological polar surface area (TPSA) is 25.8 Å². The number of aryl methyl sites for hydroxylation is 2. The van der Waals surface area contributed by atoms with Crippen molar-refractivity contribution in [3.05, 3.63) is 28.6 Å². The zero-order valence-electron chi connectivity index (χ0n) is 8.76. The Labute approximate surface area is 94.3 Å². The molecule has 0 atom stereocenters. The SMILES string of the molecule is CC[CH]CCc1ncc(Br)nc1CC. The molecule has 1 aromatic heterocycles. The highest BCUT2D eigenvalue weighted by molar-refractivity contribution is 9.10. The second-order valence-electron chi connectivity index (χ2n) is 3.18. The van der Waals surface area contributed by atoms with Crippen molar-refractivity contribution in [2.24, 2.45) is 0 Å². The van der Waals surface area contributed by atoms with Gasteiger partial charge in [0, 0.05) is 0 Å². The van der Waals surface area contributed by atoms with Gasteiger partial charge in [0.25, 0.3) is 0 Å².